The summed E-state index contributed by atoms with van der Waals surface area (Å²) < 4.78 is 0. The summed E-state index contributed by atoms with van der Waals surface area (Å²) in [6, 6.07) is 10.8. The Morgan fingerprint density at radius 1 is 1.39 bits per heavy atom. The van der Waals surface area contributed by atoms with Gasteiger partial charge in [-0.3, -0.25) is 4.79 Å². The molecule has 1 N–H and O–H groups in total. The number of carbonyl (C=O) groups is 1. The van der Waals surface area contributed by atoms with Crippen LogP contribution in [0.3, 0.4) is 0 Å². The highest BCUT2D eigenvalue weighted by atomic mass is 16.2. The van der Waals surface area contributed by atoms with Gasteiger partial charge in [-0.15, -0.1) is 0 Å². The zero-order chi connectivity index (χ0) is 13.0. The van der Waals surface area contributed by atoms with E-state index in [4.69, 9.17) is 0 Å². The second-order valence-corrected chi connectivity index (χ2v) is 5.21. The van der Waals surface area contributed by atoms with Crippen LogP contribution < -0.4 is 5.32 Å². The van der Waals surface area contributed by atoms with Gasteiger partial charge >= 0.3 is 0 Å². The zero-order valence-electron chi connectivity index (χ0n) is 11.2. The maximum Gasteiger partial charge on any atom is 0.222 e. The maximum absolute atomic E-state index is 12.0. The number of amides is 1. The Hall–Kier alpha value is -1.35. The molecule has 0 unspecified atom stereocenters. The van der Waals surface area contributed by atoms with Crippen LogP contribution in [0.1, 0.15) is 30.7 Å². The van der Waals surface area contributed by atoms with Gasteiger partial charge in [0, 0.05) is 32.5 Å². The first-order valence-corrected chi connectivity index (χ1v) is 6.67. The second kappa shape index (κ2) is 6.01. The van der Waals surface area contributed by atoms with E-state index in [-0.39, 0.29) is 5.91 Å². The van der Waals surface area contributed by atoms with Gasteiger partial charge in [0.1, 0.15) is 0 Å². The molecule has 18 heavy (non-hydrogen) atoms. The lowest BCUT2D eigenvalue weighted by Crippen LogP contribution is -2.33. The molecule has 0 radical (unpaired) electrons. The highest BCUT2D eigenvalue weighted by molar-refractivity contribution is 5.76. The van der Waals surface area contributed by atoms with Crippen LogP contribution in [-0.4, -0.2) is 37.5 Å². The molecule has 1 aliphatic rings. The van der Waals surface area contributed by atoms with Crippen molar-refractivity contribution >= 4 is 5.91 Å². The first-order valence-electron chi connectivity index (χ1n) is 6.67. The molecule has 1 heterocycles. The standard InChI is InChI=1S/C15H22N2O/c1-17(2)15(18)11-13(14-9-6-10-16-14)12-7-4-3-5-8-12/h3-5,7-8,13-14,16H,6,9-11H2,1-2H3/t13-,14+/m1/s1. The van der Waals surface area contributed by atoms with E-state index in [2.05, 4.69) is 29.6 Å². The molecule has 0 aromatic heterocycles. The monoisotopic (exact) mass is 246 g/mol. The Morgan fingerprint density at radius 3 is 2.67 bits per heavy atom. The number of nitrogens with one attached hydrogen (secondary N) is 1. The molecule has 0 saturated carbocycles. The third-order valence-corrected chi connectivity index (χ3v) is 3.71. The third-order valence-electron chi connectivity index (χ3n) is 3.71. The van der Waals surface area contributed by atoms with Gasteiger partial charge in [0.2, 0.25) is 5.91 Å². The fourth-order valence-electron chi connectivity index (χ4n) is 2.62. The van der Waals surface area contributed by atoms with Crippen molar-refractivity contribution in [2.75, 3.05) is 20.6 Å². The van der Waals surface area contributed by atoms with Crippen LogP contribution in [0.2, 0.25) is 0 Å². The number of carbonyl (C=O) groups excluding carboxylic acids is 1. The minimum Gasteiger partial charge on any atom is -0.349 e. The zero-order valence-corrected chi connectivity index (χ0v) is 11.2. The van der Waals surface area contributed by atoms with Gasteiger partial charge in [0.25, 0.3) is 0 Å². The molecule has 1 aromatic rings. The van der Waals surface area contributed by atoms with E-state index in [0.29, 0.717) is 18.4 Å². The molecule has 1 amide bonds. The van der Waals surface area contributed by atoms with Crippen LogP contribution in [0.5, 0.6) is 0 Å². The van der Waals surface area contributed by atoms with Crippen LogP contribution >= 0.6 is 0 Å². The molecule has 1 saturated heterocycles. The Morgan fingerprint density at radius 2 is 2.11 bits per heavy atom. The van der Waals surface area contributed by atoms with Crippen molar-refractivity contribution in [2.24, 2.45) is 0 Å². The molecule has 3 nitrogen and oxygen atoms in total. The second-order valence-electron chi connectivity index (χ2n) is 5.21. The summed E-state index contributed by atoms with van der Waals surface area (Å²) in [6.07, 6.45) is 2.97. The summed E-state index contributed by atoms with van der Waals surface area (Å²) in [5, 5.41) is 3.53. The summed E-state index contributed by atoms with van der Waals surface area (Å²) in [7, 11) is 3.65. The largest absolute Gasteiger partial charge is 0.349 e. The minimum atomic E-state index is 0.206. The Labute approximate surface area is 109 Å². The Kier molecular flexibility index (Phi) is 4.37. The van der Waals surface area contributed by atoms with Gasteiger partial charge < -0.3 is 10.2 Å². The van der Waals surface area contributed by atoms with Gasteiger partial charge in [-0.2, -0.15) is 0 Å². The lowest BCUT2D eigenvalue weighted by atomic mass is 9.87. The molecule has 2 rings (SSSR count). The van der Waals surface area contributed by atoms with E-state index in [1.807, 2.05) is 20.2 Å². The Balaban J connectivity index is 2.15. The van der Waals surface area contributed by atoms with E-state index in [9.17, 15) is 4.79 Å². The molecule has 2 atom stereocenters. The molecule has 1 aromatic carbocycles. The first-order chi connectivity index (χ1) is 8.68. The molecule has 0 spiro atoms. The van der Waals surface area contributed by atoms with E-state index in [0.717, 1.165) is 6.54 Å². The van der Waals surface area contributed by atoms with Crippen molar-refractivity contribution in [3.63, 3.8) is 0 Å². The van der Waals surface area contributed by atoms with Gasteiger partial charge in [-0.1, -0.05) is 30.3 Å². The van der Waals surface area contributed by atoms with Crippen LogP contribution in [0.25, 0.3) is 0 Å². The Bertz CT molecular complexity index is 383. The predicted octanol–water partition coefficient (Wildman–Crippen LogP) is 2.00. The highest BCUT2D eigenvalue weighted by Crippen LogP contribution is 2.28. The predicted molar refractivity (Wildman–Crippen MR) is 73.5 cm³/mol. The van der Waals surface area contributed by atoms with Crippen LogP contribution in [-0.2, 0) is 4.79 Å². The number of nitrogens with zero attached hydrogens (tertiary/aromatic N) is 1. The molecule has 3 heteroatoms. The van der Waals surface area contributed by atoms with Crippen molar-refractivity contribution in [1.82, 2.24) is 10.2 Å². The molecule has 0 aliphatic carbocycles. The summed E-state index contributed by atoms with van der Waals surface area (Å²) in [5.74, 6) is 0.501. The SMILES string of the molecule is CN(C)C(=O)C[C@H](c1ccccc1)[C@@H]1CCCN1. The highest BCUT2D eigenvalue weighted by Gasteiger charge is 2.28. The fraction of sp³-hybridized carbons (Fsp3) is 0.533. The summed E-state index contributed by atoms with van der Waals surface area (Å²) >= 11 is 0. The molecule has 98 valence electrons. The van der Waals surface area contributed by atoms with E-state index >= 15 is 0 Å². The van der Waals surface area contributed by atoms with E-state index in [1.54, 1.807) is 4.90 Å². The lowest BCUT2D eigenvalue weighted by Gasteiger charge is -2.25. The minimum absolute atomic E-state index is 0.206. The van der Waals surface area contributed by atoms with Crippen LogP contribution in [0.15, 0.2) is 30.3 Å². The average molecular weight is 246 g/mol. The molecule has 1 fully saturated rings. The third kappa shape index (κ3) is 3.10. The van der Waals surface area contributed by atoms with Gasteiger partial charge in [0.05, 0.1) is 0 Å². The van der Waals surface area contributed by atoms with Crippen molar-refractivity contribution in [3.05, 3.63) is 35.9 Å². The van der Waals surface area contributed by atoms with E-state index in [1.165, 1.54) is 18.4 Å². The fourth-order valence-corrected chi connectivity index (χ4v) is 2.62. The smallest absolute Gasteiger partial charge is 0.222 e. The van der Waals surface area contributed by atoms with Crippen LogP contribution in [0.4, 0.5) is 0 Å². The summed E-state index contributed by atoms with van der Waals surface area (Å²) in [5.41, 5.74) is 1.27. The lowest BCUT2D eigenvalue weighted by molar-refractivity contribution is -0.129. The quantitative estimate of drug-likeness (QED) is 0.881. The van der Waals surface area contributed by atoms with Gasteiger partial charge in [-0.05, 0) is 24.9 Å². The molecular formula is C15H22N2O. The maximum atomic E-state index is 12.0. The normalized spacial score (nSPS) is 20.7. The topological polar surface area (TPSA) is 32.3 Å². The van der Waals surface area contributed by atoms with Crippen molar-refractivity contribution in [3.8, 4) is 0 Å². The summed E-state index contributed by atoms with van der Waals surface area (Å²) in [6.45, 7) is 1.07. The number of benzene rings is 1. The van der Waals surface area contributed by atoms with Gasteiger partial charge in [0.15, 0.2) is 0 Å². The molecule has 0 bridgehead atoms. The molecule has 1 aliphatic heterocycles. The van der Waals surface area contributed by atoms with Crippen molar-refractivity contribution < 1.29 is 4.79 Å². The average Bonchev–Trinajstić information content (AvgIpc) is 2.90. The summed E-state index contributed by atoms with van der Waals surface area (Å²) in [4.78, 5) is 13.7. The van der Waals surface area contributed by atoms with Crippen molar-refractivity contribution in [1.29, 1.82) is 0 Å². The number of hydrogen-bond donors (Lipinski definition) is 1. The number of rotatable bonds is 4. The molecular weight excluding hydrogens is 224 g/mol. The van der Waals surface area contributed by atoms with Gasteiger partial charge in [-0.25, -0.2) is 0 Å². The van der Waals surface area contributed by atoms with Crippen molar-refractivity contribution in [2.45, 2.75) is 31.2 Å². The van der Waals surface area contributed by atoms with Crippen LogP contribution in [0, 0.1) is 0 Å². The first kappa shape index (κ1) is 13.1. The number of hydrogen-bond acceptors (Lipinski definition) is 2. The van der Waals surface area contributed by atoms with E-state index < -0.39 is 0 Å².